The van der Waals surface area contributed by atoms with E-state index in [1.54, 1.807) is 0 Å². The molecule has 1 aliphatic heterocycles. The van der Waals surface area contributed by atoms with Gasteiger partial charge in [-0.15, -0.1) is 0 Å². The monoisotopic (exact) mass is 256 g/mol. The highest BCUT2D eigenvalue weighted by atomic mass is 16.5. The topological polar surface area (TPSA) is 24.5 Å². The maximum atomic E-state index is 5.40. The lowest BCUT2D eigenvalue weighted by atomic mass is 10.1. The van der Waals surface area contributed by atoms with Crippen LogP contribution < -0.4 is 5.32 Å². The number of rotatable bonds is 3. The molecule has 3 nitrogen and oxygen atoms in total. The Kier molecular flexibility index (Phi) is 3.67. The van der Waals surface area contributed by atoms with Crippen LogP contribution in [0.4, 0.5) is 5.69 Å². The molecule has 1 N–H and O–H groups in total. The quantitative estimate of drug-likeness (QED) is 0.914. The van der Waals surface area contributed by atoms with Gasteiger partial charge < -0.3 is 10.1 Å². The molecule has 0 saturated carbocycles. The fourth-order valence-electron chi connectivity index (χ4n) is 2.63. The summed E-state index contributed by atoms with van der Waals surface area (Å²) in [4.78, 5) is 2.42. The lowest BCUT2D eigenvalue weighted by Crippen LogP contribution is -2.45. The van der Waals surface area contributed by atoms with Crippen LogP contribution in [0.3, 0.4) is 0 Å². The summed E-state index contributed by atoms with van der Waals surface area (Å²) in [6.45, 7) is 5.88. The minimum absolute atomic E-state index is 0.328. The lowest BCUT2D eigenvalue weighted by Gasteiger charge is -2.33. The standard InChI is InChI=1S/C16H20N2O/c1-13(18-9-11-19-12-10-18)17-16-8-4-6-14-5-2-3-7-15(14)16/h2-8,13,17H,9-12H2,1H3. The van der Waals surface area contributed by atoms with Crippen molar-refractivity contribution in [2.45, 2.75) is 13.1 Å². The Morgan fingerprint density at radius 2 is 1.79 bits per heavy atom. The van der Waals surface area contributed by atoms with E-state index < -0.39 is 0 Å². The van der Waals surface area contributed by atoms with Crippen molar-refractivity contribution in [3.8, 4) is 0 Å². The Morgan fingerprint density at radius 1 is 1.05 bits per heavy atom. The molecule has 0 bridgehead atoms. The summed E-state index contributed by atoms with van der Waals surface area (Å²) >= 11 is 0. The third-order valence-corrected chi connectivity index (χ3v) is 3.75. The van der Waals surface area contributed by atoms with Gasteiger partial charge >= 0.3 is 0 Å². The van der Waals surface area contributed by atoms with Crippen LogP contribution in [0.1, 0.15) is 6.92 Å². The summed E-state index contributed by atoms with van der Waals surface area (Å²) in [6, 6.07) is 14.9. The highest BCUT2D eigenvalue weighted by molar-refractivity contribution is 5.93. The predicted octanol–water partition coefficient (Wildman–Crippen LogP) is 2.93. The number of nitrogens with zero attached hydrogens (tertiary/aromatic N) is 1. The Hall–Kier alpha value is -1.58. The van der Waals surface area contributed by atoms with E-state index in [-0.39, 0.29) is 0 Å². The molecule has 3 rings (SSSR count). The van der Waals surface area contributed by atoms with E-state index in [1.165, 1.54) is 16.5 Å². The largest absolute Gasteiger partial charge is 0.379 e. The van der Waals surface area contributed by atoms with Gasteiger partial charge in [-0.1, -0.05) is 36.4 Å². The van der Waals surface area contributed by atoms with E-state index >= 15 is 0 Å². The SMILES string of the molecule is CC(Nc1cccc2ccccc12)N1CCOCC1. The van der Waals surface area contributed by atoms with Crippen LogP contribution in [0, 0.1) is 0 Å². The summed E-state index contributed by atoms with van der Waals surface area (Å²) < 4.78 is 5.40. The molecule has 1 aliphatic rings. The molecule has 2 aromatic carbocycles. The number of hydrogen-bond donors (Lipinski definition) is 1. The fraction of sp³-hybridized carbons (Fsp3) is 0.375. The van der Waals surface area contributed by atoms with E-state index in [1.807, 2.05) is 0 Å². The van der Waals surface area contributed by atoms with Gasteiger partial charge in [-0.3, -0.25) is 4.90 Å². The van der Waals surface area contributed by atoms with Gasteiger partial charge in [0.2, 0.25) is 0 Å². The van der Waals surface area contributed by atoms with Gasteiger partial charge in [0, 0.05) is 24.2 Å². The van der Waals surface area contributed by atoms with Crippen molar-refractivity contribution in [3.05, 3.63) is 42.5 Å². The van der Waals surface area contributed by atoms with E-state index in [0.717, 1.165) is 26.3 Å². The fourth-order valence-corrected chi connectivity index (χ4v) is 2.63. The molecule has 0 aliphatic carbocycles. The van der Waals surface area contributed by atoms with Crippen LogP contribution in [-0.2, 0) is 4.74 Å². The summed E-state index contributed by atoms with van der Waals surface area (Å²) in [7, 11) is 0. The first-order chi connectivity index (χ1) is 9.34. The number of fused-ring (bicyclic) bond motifs is 1. The van der Waals surface area contributed by atoms with Gasteiger partial charge in [0.15, 0.2) is 0 Å². The smallest absolute Gasteiger partial charge is 0.0766 e. The second-order valence-corrected chi connectivity index (χ2v) is 5.00. The van der Waals surface area contributed by atoms with Gasteiger partial charge in [-0.2, -0.15) is 0 Å². The number of ether oxygens (including phenoxy) is 1. The molecule has 0 amide bonds. The molecule has 1 heterocycles. The molecule has 3 heteroatoms. The Labute approximate surface area is 114 Å². The molecule has 100 valence electrons. The van der Waals surface area contributed by atoms with Crippen molar-refractivity contribution in [2.24, 2.45) is 0 Å². The molecule has 1 unspecified atom stereocenters. The second-order valence-electron chi connectivity index (χ2n) is 5.00. The summed E-state index contributed by atoms with van der Waals surface area (Å²) in [5.41, 5.74) is 1.21. The van der Waals surface area contributed by atoms with E-state index in [0.29, 0.717) is 6.17 Å². The third-order valence-electron chi connectivity index (χ3n) is 3.75. The first kappa shape index (κ1) is 12.5. The zero-order valence-corrected chi connectivity index (χ0v) is 11.3. The van der Waals surface area contributed by atoms with Crippen LogP contribution in [0.15, 0.2) is 42.5 Å². The molecular weight excluding hydrogens is 236 g/mol. The molecule has 1 atom stereocenters. The van der Waals surface area contributed by atoms with Crippen molar-refractivity contribution >= 4 is 16.5 Å². The maximum Gasteiger partial charge on any atom is 0.0766 e. The van der Waals surface area contributed by atoms with Gasteiger partial charge in [-0.25, -0.2) is 0 Å². The van der Waals surface area contributed by atoms with Gasteiger partial charge in [-0.05, 0) is 18.4 Å². The highest BCUT2D eigenvalue weighted by Crippen LogP contribution is 2.24. The Balaban J connectivity index is 1.80. The number of morpholine rings is 1. The second kappa shape index (κ2) is 5.59. The van der Waals surface area contributed by atoms with Crippen molar-refractivity contribution in [1.82, 2.24) is 4.90 Å². The van der Waals surface area contributed by atoms with Crippen LogP contribution >= 0.6 is 0 Å². The summed E-state index contributed by atoms with van der Waals surface area (Å²) in [5, 5.41) is 6.19. The molecule has 0 aromatic heterocycles. The van der Waals surface area contributed by atoms with Crippen molar-refractivity contribution < 1.29 is 4.74 Å². The minimum atomic E-state index is 0.328. The Bertz CT molecular complexity index is 544. The minimum Gasteiger partial charge on any atom is -0.379 e. The average Bonchev–Trinajstić information content (AvgIpc) is 2.48. The van der Waals surface area contributed by atoms with Crippen LogP contribution in [0.25, 0.3) is 10.8 Å². The first-order valence-electron chi connectivity index (χ1n) is 6.91. The number of nitrogens with one attached hydrogen (secondary N) is 1. The molecule has 1 fully saturated rings. The summed E-state index contributed by atoms with van der Waals surface area (Å²) in [6.07, 6.45) is 0.328. The van der Waals surface area contributed by atoms with Crippen LogP contribution in [-0.4, -0.2) is 37.4 Å². The van der Waals surface area contributed by atoms with Crippen LogP contribution in [0.5, 0.6) is 0 Å². The summed E-state index contributed by atoms with van der Waals surface area (Å²) in [5.74, 6) is 0. The molecule has 1 saturated heterocycles. The number of hydrogen-bond acceptors (Lipinski definition) is 3. The average molecular weight is 256 g/mol. The van der Waals surface area contributed by atoms with E-state index in [2.05, 4.69) is 59.6 Å². The van der Waals surface area contributed by atoms with Gasteiger partial charge in [0.1, 0.15) is 0 Å². The van der Waals surface area contributed by atoms with Crippen molar-refractivity contribution in [2.75, 3.05) is 31.6 Å². The third kappa shape index (κ3) is 2.72. The molecular formula is C16H20N2O. The number of anilines is 1. The Morgan fingerprint density at radius 3 is 2.63 bits per heavy atom. The molecule has 2 aromatic rings. The predicted molar refractivity (Wildman–Crippen MR) is 79.4 cm³/mol. The van der Waals surface area contributed by atoms with Gasteiger partial charge in [0.05, 0.1) is 19.4 Å². The van der Waals surface area contributed by atoms with E-state index in [9.17, 15) is 0 Å². The molecule has 0 spiro atoms. The lowest BCUT2D eigenvalue weighted by molar-refractivity contribution is 0.0254. The maximum absolute atomic E-state index is 5.40. The van der Waals surface area contributed by atoms with Crippen LogP contribution in [0.2, 0.25) is 0 Å². The van der Waals surface area contributed by atoms with E-state index in [4.69, 9.17) is 4.74 Å². The number of benzene rings is 2. The van der Waals surface area contributed by atoms with Crippen molar-refractivity contribution in [3.63, 3.8) is 0 Å². The first-order valence-corrected chi connectivity index (χ1v) is 6.91. The van der Waals surface area contributed by atoms with Crippen molar-refractivity contribution in [1.29, 1.82) is 0 Å². The zero-order chi connectivity index (χ0) is 13.1. The highest BCUT2D eigenvalue weighted by Gasteiger charge is 2.17. The molecule has 0 radical (unpaired) electrons. The molecule has 19 heavy (non-hydrogen) atoms. The normalized spacial score (nSPS) is 18.4. The zero-order valence-electron chi connectivity index (χ0n) is 11.3. The van der Waals surface area contributed by atoms with Gasteiger partial charge in [0.25, 0.3) is 0 Å².